The van der Waals surface area contributed by atoms with Crippen molar-refractivity contribution < 1.29 is 23.1 Å². The Kier molecular flexibility index (Phi) is 4.47. The van der Waals surface area contributed by atoms with Gasteiger partial charge in [0.2, 0.25) is 5.78 Å². The van der Waals surface area contributed by atoms with Crippen molar-refractivity contribution in [2.75, 3.05) is 6.61 Å². The molecule has 6 heteroatoms. The molecule has 1 aromatic heterocycles. The third-order valence-corrected chi connectivity index (χ3v) is 2.35. The summed E-state index contributed by atoms with van der Waals surface area (Å²) in [6.45, 7) is 2.89. The summed E-state index contributed by atoms with van der Waals surface area (Å²) in [5, 5.41) is 0. The number of Topliss-reactive ketones (excluding diaryl/α,β-unsaturated/α-hetero) is 1. The molecule has 1 aromatic rings. The number of halogens is 2. The molecule has 0 aromatic carbocycles. The summed E-state index contributed by atoms with van der Waals surface area (Å²) in [7, 11) is 0. The molecule has 0 aliphatic carbocycles. The summed E-state index contributed by atoms with van der Waals surface area (Å²) in [6, 6.07) is 1.17. The van der Waals surface area contributed by atoms with E-state index in [1.807, 2.05) is 0 Å². The smallest absolute Gasteiger partial charge is 0.404 e. The highest BCUT2D eigenvalue weighted by Crippen LogP contribution is 2.24. The van der Waals surface area contributed by atoms with E-state index in [1.54, 1.807) is 6.92 Å². The predicted octanol–water partition coefficient (Wildman–Crippen LogP) is 2.03. The number of carbonyl (C=O) groups is 2. The zero-order chi connectivity index (χ0) is 13.8. The summed E-state index contributed by atoms with van der Waals surface area (Å²) in [5.74, 6) is -7.55. The van der Waals surface area contributed by atoms with Crippen LogP contribution in [-0.4, -0.2) is 29.3 Å². The number of aromatic nitrogens is 1. The molecule has 0 saturated carbocycles. The van der Waals surface area contributed by atoms with Crippen LogP contribution in [0.25, 0.3) is 0 Å². The van der Waals surface area contributed by atoms with Crippen molar-refractivity contribution in [1.29, 1.82) is 0 Å². The number of hydrogen-bond acceptors (Lipinski definition) is 4. The van der Waals surface area contributed by atoms with Gasteiger partial charge in [0, 0.05) is 18.0 Å². The Morgan fingerprint density at radius 1 is 1.39 bits per heavy atom. The highest BCUT2D eigenvalue weighted by Gasteiger charge is 2.49. The monoisotopic (exact) mass is 257 g/mol. The van der Waals surface area contributed by atoms with Gasteiger partial charge in [-0.15, -0.1) is 0 Å². The third-order valence-electron chi connectivity index (χ3n) is 2.35. The number of rotatable bonds is 5. The first-order chi connectivity index (χ1) is 8.45. The number of esters is 1. The highest BCUT2D eigenvalue weighted by molar-refractivity contribution is 6.14. The molecule has 0 bridgehead atoms. The topological polar surface area (TPSA) is 56.3 Å². The van der Waals surface area contributed by atoms with Crippen LogP contribution in [0.15, 0.2) is 18.5 Å². The Bertz CT molecular complexity index is 460. The average Bonchev–Trinajstić information content (AvgIpc) is 2.38. The Morgan fingerprint density at radius 3 is 2.61 bits per heavy atom. The number of carbonyl (C=O) groups excluding carboxylic acids is 2. The number of pyridine rings is 1. The first-order valence-electron chi connectivity index (χ1n) is 5.47. The maximum Gasteiger partial charge on any atom is 0.404 e. The molecule has 0 atom stereocenters. The number of aryl methyl sites for hydroxylation is 1. The van der Waals surface area contributed by atoms with E-state index in [2.05, 4.69) is 9.72 Å². The van der Waals surface area contributed by atoms with Gasteiger partial charge in [-0.05, 0) is 25.0 Å². The minimum absolute atomic E-state index is 0.203. The summed E-state index contributed by atoms with van der Waals surface area (Å²) in [4.78, 5) is 26.5. The van der Waals surface area contributed by atoms with Gasteiger partial charge in [0.05, 0.1) is 6.61 Å². The highest BCUT2D eigenvalue weighted by atomic mass is 19.3. The van der Waals surface area contributed by atoms with Crippen LogP contribution in [0.1, 0.15) is 29.8 Å². The lowest BCUT2D eigenvalue weighted by atomic mass is 10.0. The molecule has 0 amide bonds. The Labute approximate surface area is 103 Å². The van der Waals surface area contributed by atoms with E-state index in [-0.39, 0.29) is 12.2 Å². The van der Waals surface area contributed by atoms with Crippen molar-refractivity contribution in [3.05, 3.63) is 29.6 Å². The molecule has 0 aliphatic rings. The molecule has 0 saturated heterocycles. The van der Waals surface area contributed by atoms with Crippen LogP contribution in [0.2, 0.25) is 0 Å². The van der Waals surface area contributed by atoms with Crippen LogP contribution >= 0.6 is 0 Å². The molecular formula is C12H13F2NO3. The standard InChI is InChI=1S/C12H13F2NO3/c1-3-8-7-15-6-5-9(8)10(16)12(13,14)11(17)18-4-2/h5-7H,3-4H2,1-2H3. The fraction of sp³-hybridized carbons (Fsp3) is 0.417. The number of nitrogens with zero attached hydrogens (tertiary/aromatic N) is 1. The quantitative estimate of drug-likeness (QED) is 0.460. The molecule has 0 N–H and O–H groups in total. The second-order valence-corrected chi connectivity index (χ2v) is 3.51. The fourth-order valence-corrected chi connectivity index (χ4v) is 1.41. The fourth-order valence-electron chi connectivity index (χ4n) is 1.41. The van der Waals surface area contributed by atoms with Crippen LogP contribution in [-0.2, 0) is 16.0 Å². The Balaban J connectivity index is 3.09. The van der Waals surface area contributed by atoms with E-state index in [0.717, 1.165) is 0 Å². The molecule has 0 unspecified atom stereocenters. The largest absolute Gasteiger partial charge is 0.461 e. The van der Waals surface area contributed by atoms with Crippen molar-refractivity contribution in [3.8, 4) is 0 Å². The molecule has 0 spiro atoms. The van der Waals surface area contributed by atoms with E-state index in [0.29, 0.717) is 12.0 Å². The Morgan fingerprint density at radius 2 is 2.06 bits per heavy atom. The van der Waals surface area contributed by atoms with E-state index in [4.69, 9.17) is 0 Å². The van der Waals surface area contributed by atoms with Gasteiger partial charge in [-0.2, -0.15) is 8.78 Å². The first-order valence-corrected chi connectivity index (χ1v) is 5.47. The van der Waals surface area contributed by atoms with Gasteiger partial charge >= 0.3 is 11.9 Å². The average molecular weight is 257 g/mol. The van der Waals surface area contributed by atoms with Crippen molar-refractivity contribution >= 4 is 11.8 Å². The summed E-state index contributed by atoms with van der Waals surface area (Å²) in [5.41, 5.74) is 0.164. The zero-order valence-electron chi connectivity index (χ0n) is 10.1. The molecule has 18 heavy (non-hydrogen) atoms. The minimum Gasteiger partial charge on any atom is -0.461 e. The van der Waals surface area contributed by atoms with Gasteiger partial charge in [-0.1, -0.05) is 6.92 Å². The van der Waals surface area contributed by atoms with Crippen molar-refractivity contribution in [2.24, 2.45) is 0 Å². The second-order valence-electron chi connectivity index (χ2n) is 3.51. The number of ether oxygens (including phenoxy) is 1. The van der Waals surface area contributed by atoms with Gasteiger partial charge in [0.25, 0.3) is 0 Å². The molecule has 1 rings (SSSR count). The van der Waals surface area contributed by atoms with E-state index < -0.39 is 17.7 Å². The second kappa shape index (κ2) is 5.66. The van der Waals surface area contributed by atoms with Crippen LogP contribution in [0.5, 0.6) is 0 Å². The van der Waals surface area contributed by atoms with Gasteiger partial charge in [0.15, 0.2) is 0 Å². The first kappa shape index (κ1) is 14.2. The minimum atomic E-state index is -4.17. The summed E-state index contributed by atoms with van der Waals surface area (Å²) < 4.78 is 31.3. The molecular weight excluding hydrogens is 244 g/mol. The lowest BCUT2D eigenvalue weighted by molar-refractivity contribution is -0.164. The van der Waals surface area contributed by atoms with Crippen molar-refractivity contribution in [1.82, 2.24) is 4.98 Å². The number of hydrogen-bond donors (Lipinski definition) is 0. The van der Waals surface area contributed by atoms with Crippen LogP contribution in [0.4, 0.5) is 8.78 Å². The molecule has 1 heterocycles. The van der Waals surface area contributed by atoms with Gasteiger partial charge < -0.3 is 4.74 Å². The van der Waals surface area contributed by atoms with Gasteiger partial charge in [-0.3, -0.25) is 9.78 Å². The Hall–Kier alpha value is -1.85. The summed E-state index contributed by atoms with van der Waals surface area (Å²) >= 11 is 0. The lowest BCUT2D eigenvalue weighted by Gasteiger charge is -2.14. The molecule has 0 radical (unpaired) electrons. The van der Waals surface area contributed by atoms with Crippen LogP contribution in [0, 0.1) is 0 Å². The van der Waals surface area contributed by atoms with E-state index >= 15 is 0 Å². The maximum absolute atomic E-state index is 13.6. The SMILES string of the molecule is CCOC(=O)C(F)(F)C(=O)c1ccncc1CC. The summed E-state index contributed by atoms with van der Waals surface area (Å²) in [6.07, 6.45) is 2.93. The molecule has 98 valence electrons. The van der Waals surface area contributed by atoms with Gasteiger partial charge in [-0.25, -0.2) is 4.79 Å². The lowest BCUT2D eigenvalue weighted by Crippen LogP contribution is -2.39. The molecule has 0 aliphatic heterocycles. The predicted molar refractivity (Wildman–Crippen MR) is 59.5 cm³/mol. The van der Waals surface area contributed by atoms with Crippen molar-refractivity contribution in [2.45, 2.75) is 26.2 Å². The normalized spacial score (nSPS) is 11.1. The van der Waals surface area contributed by atoms with Crippen LogP contribution in [0.3, 0.4) is 0 Å². The van der Waals surface area contributed by atoms with Crippen molar-refractivity contribution in [3.63, 3.8) is 0 Å². The van der Waals surface area contributed by atoms with E-state index in [1.165, 1.54) is 25.4 Å². The molecule has 0 fully saturated rings. The number of alkyl halides is 2. The zero-order valence-corrected chi connectivity index (χ0v) is 10.1. The molecule has 4 nitrogen and oxygen atoms in total. The van der Waals surface area contributed by atoms with E-state index in [9.17, 15) is 18.4 Å². The van der Waals surface area contributed by atoms with Crippen LogP contribution < -0.4 is 0 Å². The van der Waals surface area contributed by atoms with Gasteiger partial charge in [0.1, 0.15) is 0 Å². The third kappa shape index (κ3) is 2.69. The number of ketones is 1. The maximum atomic E-state index is 13.6.